The number of nitrogens with one attached hydrogen (secondary N) is 1. The van der Waals surface area contributed by atoms with Crippen LogP contribution in [0.1, 0.15) is 19.4 Å². The van der Waals surface area contributed by atoms with Gasteiger partial charge in [0, 0.05) is 44.3 Å². The molecule has 0 bridgehead atoms. The van der Waals surface area contributed by atoms with Crippen molar-refractivity contribution in [3.8, 4) is 11.1 Å². The summed E-state index contributed by atoms with van der Waals surface area (Å²) in [5.41, 5.74) is 4.20. The second-order valence-corrected chi connectivity index (χ2v) is 9.84. The average Bonchev–Trinajstić information content (AvgIpc) is 2.98. The van der Waals surface area contributed by atoms with Crippen molar-refractivity contribution in [2.45, 2.75) is 26.8 Å². The molecule has 0 aliphatic rings. The number of aromatic nitrogens is 1. The van der Waals surface area contributed by atoms with E-state index in [2.05, 4.69) is 41.5 Å². The zero-order valence-electron chi connectivity index (χ0n) is 17.3. The monoisotopic (exact) mass is 417 g/mol. The first-order chi connectivity index (χ1) is 13.7. The molecule has 3 aromatic rings. The lowest BCUT2D eigenvalue weighted by Gasteiger charge is -2.11. The molecule has 1 aromatic heterocycles. The van der Waals surface area contributed by atoms with Crippen LogP contribution in [-0.2, 0) is 23.2 Å². The Kier molecular flexibility index (Phi) is 6.41. The quantitative estimate of drug-likeness (QED) is 0.601. The van der Waals surface area contributed by atoms with Gasteiger partial charge in [-0.3, -0.25) is 0 Å². The van der Waals surface area contributed by atoms with Gasteiger partial charge >= 0.3 is 0 Å². The topological polar surface area (TPSA) is 54.3 Å². The number of benzene rings is 2. The average molecular weight is 418 g/mol. The minimum Gasteiger partial charge on any atom is -0.347 e. The highest BCUT2D eigenvalue weighted by molar-refractivity contribution is 7.87. The number of halogens is 1. The molecule has 0 saturated carbocycles. The molecular formula is C22H28FN3O2S. The van der Waals surface area contributed by atoms with Crippen molar-refractivity contribution in [2.24, 2.45) is 5.92 Å². The maximum absolute atomic E-state index is 13.3. The summed E-state index contributed by atoms with van der Waals surface area (Å²) in [5.74, 6) is 0.223. The molecule has 1 N–H and O–H groups in total. The van der Waals surface area contributed by atoms with Crippen LogP contribution in [0.25, 0.3) is 22.0 Å². The summed E-state index contributed by atoms with van der Waals surface area (Å²) in [6, 6.07) is 12.7. The molecule has 1 heterocycles. The van der Waals surface area contributed by atoms with Crippen LogP contribution >= 0.6 is 0 Å². The Balaban J connectivity index is 1.93. The van der Waals surface area contributed by atoms with E-state index < -0.39 is 10.2 Å². The molecule has 0 amide bonds. The van der Waals surface area contributed by atoms with Crippen molar-refractivity contribution in [3.63, 3.8) is 0 Å². The smallest absolute Gasteiger partial charge is 0.278 e. The maximum atomic E-state index is 13.3. The van der Waals surface area contributed by atoms with Gasteiger partial charge in [0.05, 0.1) is 0 Å². The molecule has 0 aliphatic carbocycles. The third kappa shape index (κ3) is 5.04. The van der Waals surface area contributed by atoms with Crippen LogP contribution in [0.15, 0.2) is 48.7 Å². The highest BCUT2D eigenvalue weighted by atomic mass is 32.2. The second kappa shape index (κ2) is 8.65. The minimum atomic E-state index is -3.43. The van der Waals surface area contributed by atoms with E-state index in [0.29, 0.717) is 18.9 Å². The van der Waals surface area contributed by atoms with E-state index in [-0.39, 0.29) is 5.82 Å². The van der Waals surface area contributed by atoms with E-state index in [1.165, 1.54) is 30.5 Å². The largest absolute Gasteiger partial charge is 0.347 e. The van der Waals surface area contributed by atoms with Crippen LogP contribution in [0.4, 0.5) is 4.39 Å². The first-order valence-electron chi connectivity index (χ1n) is 9.72. The first kappa shape index (κ1) is 21.5. The van der Waals surface area contributed by atoms with Gasteiger partial charge in [-0.25, -0.2) is 9.11 Å². The molecule has 5 nitrogen and oxygen atoms in total. The van der Waals surface area contributed by atoms with Gasteiger partial charge in [0.1, 0.15) is 5.82 Å². The number of hydrogen-bond donors (Lipinski definition) is 1. The molecule has 0 unspecified atom stereocenters. The Bertz CT molecular complexity index is 1090. The van der Waals surface area contributed by atoms with Gasteiger partial charge in [-0.1, -0.05) is 38.1 Å². The fourth-order valence-electron chi connectivity index (χ4n) is 3.38. The molecule has 0 atom stereocenters. The molecule has 7 heteroatoms. The van der Waals surface area contributed by atoms with E-state index in [9.17, 15) is 12.8 Å². The van der Waals surface area contributed by atoms with Crippen molar-refractivity contribution < 1.29 is 12.8 Å². The minimum absolute atomic E-state index is 0.250. The van der Waals surface area contributed by atoms with Crippen molar-refractivity contribution in [2.75, 3.05) is 20.6 Å². The van der Waals surface area contributed by atoms with Crippen molar-refractivity contribution in [1.29, 1.82) is 0 Å². The molecule has 29 heavy (non-hydrogen) atoms. The lowest BCUT2D eigenvalue weighted by atomic mass is 10.0. The van der Waals surface area contributed by atoms with Crippen LogP contribution in [0, 0.1) is 11.7 Å². The van der Waals surface area contributed by atoms with Gasteiger partial charge in [-0.15, -0.1) is 0 Å². The number of rotatable bonds is 8. The lowest BCUT2D eigenvalue weighted by Crippen LogP contribution is -2.36. The van der Waals surface area contributed by atoms with E-state index in [4.69, 9.17) is 0 Å². The van der Waals surface area contributed by atoms with Crippen LogP contribution in [0.2, 0.25) is 0 Å². The van der Waals surface area contributed by atoms with Gasteiger partial charge in [0.15, 0.2) is 0 Å². The standard InChI is InChI=1S/C22H28FN3O2S/c1-16(2)14-26-15-19(11-12-24-29(27,28)25(3)4)21-10-7-18(13-22(21)26)17-5-8-20(23)9-6-17/h5-10,13,15-16,24H,11-12,14H2,1-4H3. The van der Waals surface area contributed by atoms with E-state index in [0.717, 1.165) is 34.1 Å². The molecule has 0 spiro atoms. The normalized spacial score (nSPS) is 12.4. The summed E-state index contributed by atoms with van der Waals surface area (Å²) < 4.78 is 43.2. The molecular weight excluding hydrogens is 389 g/mol. The maximum Gasteiger partial charge on any atom is 0.278 e. The molecule has 0 radical (unpaired) electrons. The van der Waals surface area contributed by atoms with Gasteiger partial charge in [-0.05, 0) is 47.2 Å². The number of fused-ring (bicyclic) bond motifs is 1. The number of nitrogens with zero attached hydrogens (tertiary/aromatic N) is 2. The van der Waals surface area contributed by atoms with Crippen LogP contribution in [0.5, 0.6) is 0 Å². The summed E-state index contributed by atoms with van der Waals surface area (Å²) in [7, 11) is -0.419. The molecule has 2 aromatic carbocycles. The fourth-order valence-corrected chi connectivity index (χ4v) is 4.00. The predicted octanol–water partition coefficient (Wildman–Crippen LogP) is 4.04. The Morgan fingerprint density at radius 1 is 1.07 bits per heavy atom. The van der Waals surface area contributed by atoms with E-state index in [1.807, 2.05) is 6.07 Å². The van der Waals surface area contributed by atoms with Gasteiger partial charge in [0.25, 0.3) is 10.2 Å². The molecule has 0 fully saturated rings. The summed E-state index contributed by atoms with van der Waals surface area (Å²) >= 11 is 0. The summed E-state index contributed by atoms with van der Waals surface area (Å²) in [6.07, 6.45) is 2.72. The van der Waals surface area contributed by atoms with Crippen molar-refractivity contribution in [1.82, 2.24) is 13.6 Å². The van der Waals surface area contributed by atoms with Gasteiger partial charge in [0.2, 0.25) is 0 Å². The summed E-state index contributed by atoms with van der Waals surface area (Å²) in [5, 5.41) is 1.11. The Morgan fingerprint density at radius 3 is 2.34 bits per heavy atom. The summed E-state index contributed by atoms with van der Waals surface area (Å²) in [4.78, 5) is 0. The fraction of sp³-hybridized carbons (Fsp3) is 0.364. The summed E-state index contributed by atoms with van der Waals surface area (Å²) in [6.45, 7) is 5.54. The van der Waals surface area contributed by atoms with Crippen LogP contribution in [0.3, 0.4) is 0 Å². The third-order valence-corrected chi connectivity index (χ3v) is 6.39. The Hall–Kier alpha value is -2.22. The molecule has 3 rings (SSSR count). The van der Waals surface area contributed by atoms with E-state index >= 15 is 0 Å². The van der Waals surface area contributed by atoms with E-state index in [1.54, 1.807) is 12.1 Å². The van der Waals surface area contributed by atoms with Crippen LogP contribution in [-0.4, -0.2) is 37.9 Å². The highest BCUT2D eigenvalue weighted by Crippen LogP contribution is 2.29. The van der Waals surface area contributed by atoms with Crippen LogP contribution < -0.4 is 4.72 Å². The van der Waals surface area contributed by atoms with Crippen molar-refractivity contribution >= 4 is 21.1 Å². The lowest BCUT2D eigenvalue weighted by molar-refractivity contribution is 0.506. The SMILES string of the molecule is CC(C)Cn1cc(CCNS(=O)(=O)N(C)C)c2ccc(-c3ccc(F)cc3)cc21. The van der Waals surface area contributed by atoms with Crippen molar-refractivity contribution in [3.05, 3.63) is 60.0 Å². The predicted molar refractivity (Wildman–Crippen MR) is 116 cm³/mol. The van der Waals surface area contributed by atoms with Gasteiger partial charge in [-0.2, -0.15) is 12.7 Å². The number of hydrogen-bond acceptors (Lipinski definition) is 2. The third-order valence-electron chi connectivity index (χ3n) is 4.86. The second-order valence-electron chi connectivity index (χ2n) is 7.87. The Morgan fingerprint density at radius 2 is 1.72 bits per heavy atom. The molecule has 0 saturated heterocycles. The zero-order chi connectivity index (χ0) is 21.2. The molecule has 156 valence electrons. The Labute approximate surface area is 172 Å². The first-order valence-corrected chi connectivity index (χ1v) is 11.2. The zero-order valence-corrected chi connectivity index (χ0v) is 18.1. The van der Waals surface area contributed by atoms with Gasteiger partial charge < -0.3 is 4.57 Å². The highest BCUT2D eigenvalue weighted by Gasteiger charge is 2.14. The molecule has 0 aliphatic heterocycles.